The average Bonchev–Trinajstić information content (AvgIpc) is 2.58. The standard InChI is InChI=1S/C8H12BrN3O2/c9-7-5-11-12(6-7)3-1-8(14)10-2-4-13/h5-6,13H,1-4H2,(H,10,14). The van der Waals surface area contributed by atoms with Gasteiger partial charge in [-0.15, -0.1) is 0 Å². The van der Waals surface area contributed by atoms with Gasteiger partial charge in [0.1, 0.15) is 0 Å². The number of amides is 1. The van der Waals surface area contributed by atoms with Crippen LogP contribution in [0.25, 0.3) is 0 Å². The molecule has 6 heteroatoms. The molecular formula is C8H12BrN3O2. The first-order chi connectivity index (χ1) is 6.72. The minimum atomic E-state index is -0.0781. The van der Waals surface area contributed by atoms with Crippen molar-refractivity contribution in [1.82, 2.24) is 15.1 Å². The van der Waals surface area contributed by atoms with E-state index in [9.17, 15) is 4.79 Å². The van der Waals surface area contributed by atoms with Gasteiger partial charge in [-0.1, -0.05) is 0 Å². The van der Waals surface area contributed by atoms with Crippen molar-refractivity contribution in [3.05, 3.63) is 16.9 Å². The van der Waals surface area contributed by atoms with Gasteiger partial charge in [-0.05, 0) is 15.9 Å². The molecule has 1 heterocycles. The largest absolute Gasteiger partial charge is 0.395 e. The molecule has 0 saturated heterocycles. The number of rotatable bonds is 5. The molecule has 14 heavy (non-hydrogen) atoms. The highest BCUT2D eigenvalue weighted by Crippen LogP contribution is 2.06. The number of nitrogens with one attached hydrogen (secondary N) is 1. The quantitative estimate of drug-likeness (QED) is 0.793. The molecule has 0 spiro atoms. The van der Waals surface area contributed by atoms with Gasteiger partial charge in [0.2, 0.25) is 5.91 Å². The Bertz CT molecular complexity index is 301. The first-order valence-corrected chi connectivity index (χ1v) is 5.07. The van der Waals surface area contributed by atoms with E-state index in [1.165, 1.54) is 0 Å². The average molecular weight is 262 g/mol. The van der Waals surface area contributed by atoms with E-state index in [1.54, 1.807) is 17.1 Å². The van der Waals surface area contributed by atoms with E-state index in [0.717, 1.165) is 4.47 Å². The van der Waals surface area contributed by atoms with Gasteiger partial charge >= 0.3 is 0 Å². The Morgan fingerprint density at radius 1 is 1.71 bits per heavy atom. The second kappa shape index (κ2) is 5.77. The maximum Gasteiger partial charge on any atom is 0.221 e. The Morgan fingerprint density at radius 3 is 3.07 bits per heavy atom. The zero-order valence-corrected chi connectivity index (χ0v) is 9.20. The molecule has 5 nitrogen and oxygen atoms in total. The molecule has 0 saturated carbocycles. The number of hydrogen-bond acceptors (Lipinski definition) is 3. The lowest BCUT2D eigenvalue weighted by Gasteiger charge is -2.02. The normalized spacial score (nSPS) is 10.1. The van der Waals surface area contributed by atoms with E-state index in [2.05, 4.69) is 26.3 Å². The predicted octanol–water partition coefficient (Wildman–Crippen LogP) is 0.144. The maximum absolute atomic E-state index is 11.1. The number of carbonyl (C=O) groups is 1. The fourth-order valence-electron chi connectivity index (χ4n) is 0.960. The topological polar surface area (TPSA) is 67.2 Å². The molecule has 0 aliphatic rings. The summed E-state index contributed by atoms with van der Waals surface area (Å²) in [4.78, 5) is 11.1. The second-order valence-corrected chi connectivity index (χ2v) is 3.66. The maximum atomic E-state index is 11.1. The van der Waals surface area contributed by atoms with Gasteiger partial charge in [-0.3, -0.25) is 9.48 Å². The summed E-state index contributed by atoms with van der Waals surface area (Å²) >= 11 is 3.26. The minimum absolute atomic E-state index is 0.0287. The molecule has 0 aromatic carbocycles. The molecule has 0 bridgehead atoms. The van der Waals surface area contributed by atoms with Gasteiger partial charge in [0.25, 0.3) is 0 Å². The molecule has 0 aliphatic carbocycles. The van der Waals surface area contributed by atoms with Crippen molar-refractivity contribution in [1.29, 1.82) is 0 Å². The van der Waals surface area contributed by atoms with Crippen molar-refractivity contribution in [3.63, 3.8) is 0 Å². The van der Waals surface area contributed by atoms with Gasteiger partial charge < -0.3 is 10.4 Å². The molecule has 1 amide bonds. The van der Waals surface area contributed by atoms with Crippen molar-refractivity contribution in [2.45, 2.75) is 13.0 Å². The van der Waals surface area contributed by atoms with Crippen LogP contribution in [0.3, 0.4) is 0 Å². The van der Waals surface area contributed by atoms with Crippen LogP contribution in [-0.2, 0) is 11.3 Å². The summed E-state index contributed by atoms with van der Waals surface area (Å²) in [6.45, 7) is 0.823. The number of aliphatic hydroxyl groups is 1. The van der Waals surface area contributed by atoms with Gasteiger partial charge in [0.15, 0.2) is 0 Å². The Balaban J connectivity index is 2.23. The van der Waals surface area contributed by atoms with Crippen molar-refractivity contribution < 1.29 is 9.90 Å². The van der Waals surface area contributed by atoms with E-state index < -0.39 is 0 Å². The van der Waals surface area contributed by atoms with Crippen LogP contribution in [-0.4, -0.2) is 33.9 Å². The Labute approximate surface area is 90.2 Å². The highest BCUT2D eigenvalue weighted by atomic mass is 79.9. The van der Waals surface area contributed by atoms with Crippen LogP contribution < -0.4 is 5.32 Å². The van der Waals surface area contributed by atoms with Crippen LogP contribution >= 0.6 is 15.9 Å². The monoisotopic (exact) mass is 261 g/mol. The van der Waals surface area contributed by atoms with E-state index >= 15 is 0 Å². The minimum Gasteiger partial charge on any atom is -0.395 e. The Kier molecular flexibility index (Phi) is 4.61. The Morgan fingerprint density at radius 2 is 2.50 bits per heavy atom. The number of nitrogens with zero attached hydrogens (tertiary/aromatic N) is 2. The molecule has 0 radical (unpaired) electrons. The van der Waals surface area contributed by atoms with Crippen LogP contribution in [0.2, 0.25) is 0 Å². The summed E-state index contributed by atoms with van der Waals surface area (Å²) in [6, 6.07) is 0. The lowest BCUT2D eigenvalue weighted by atomic mass is 10.4. The number of aryl methyl sites for hydroxylation is 1. The Hall–Kier alpha value is -0.880. The summed E-state index contributed by atoms with van der Waals surface area (Å²) in [6.07, 6.45) is 3.85. The van der Waals surface area contributed by atoms with Crippen molar-refractivity contribution in [2.75, 3.05) is 13.2 Å². The molecule has 1 aromatic heterocycles. The summed E-state index contributed by atoms with van der Waals surface area (Å²) in [7, 11) is 0. The number of halogens is 1. The highest BCUT2D eigenvalue weighted by molar-refractivity contribution is 9.10. The number of carbonyl (C=O) groups excluding carboxylic acids is 1. The number of hydrogen-bond donors (Lipinski definition) is 2. The van der Waals surface area contributed by atoms with Crippen LogP contribution in [0.4, 0.5) is 0 Å². The molecule has 1 rings (SSSR count). The van der Waals surface area contributed by atoms with Gasteiger partial charge in [0, 0.05) is 25.7 Å². The van der Waals surface area contributed by atoms with E-state index in [1.807, 2.05) is 0 Å². The van der Waals surface area contributed by atoms with Crippen LogP contribution in [0, 0.1) is 0 Å². The smallest absolute Gasteiger partial charge is 0.221 e. The second-order valence-electron chi connectivity index (χ2n) is 2.75. The van der Waals surface area contributed by atoms with Crippen molar-refractivity contribution in [2.24, 2.45) is 0 Å². The van der Waals surface area contributed by atoms with Crippen LogP contribution in [0.5, 0.6) is 0 Å². The lowest BCUT2D eigenvalue weighted by molar-refractivity contribution is -0.121. The van der Waals surface area contributed by atoms with Crippen LogP contribution in [0.15, 0.2) is 16.9 Å². The molecular weight excluding hydrogens is 250 g/mol. The summed E-state index contributed by atoms with van der Waals surface area (Å²) < 4.78 is 2.58. The fraction of sp³-hybridized carbons (Fsp3) is 0.500. The summed E-state index contributed by atoms with van der Waals surface area (Å²) in [5.41, 5.74) is 0. The molecule has 1 aromatic rings. The molecule has 0 unspecified atom stereocenters. The fourth-order valence-corrected chi connectivity index (χ4v) is 1.29. The SMILES string of the molecule is O=C(CCn1cc(Br)cn1)NCCO. The summed E-state index contributed by atoms with van der Waals surface area (Å²) in [5, 5.41) is 15.0. The molecule has 0 atom stereocenters. The zero-order chi connectivity index (χ0) is 10.4. The number of aliphatic hydroxyl groups excluding tert-OH is 1. The third kappa shape index (κ3) is 3.89. The molecule has 0 fully saturated rings. The van der Waals surface area contributed by atoms with Gasteiger partial charge in [-0.2, -0.15) is 5.10 Å². The van der Waals surface area contributed by atoms with E-state index in [0.29, 0.717) is 19.5 Å². The molecule has 0 aliphatic heterocycles. The lowest BCUT2D eigenvalue weighted by Crippen LogP contribution is -2.27. The zero-order valence-electron chi connectivity index (χ0n) is 7.61. The third-order valence-electron chi connectivity index (χ3n) is 1.60. The highest BCUT2D eigenvalue weighted by Gasteiger charge is 2.01. The molecule has 2 N–H and O–H groups in total. The van der Waals surface area contributed by atoms with Crippen molar-refractivity contribution >= 4 is 21.8 Å². The predicted molar refractivity (Wildman–Crippen MR) is 54.6 cm³/mol. The van der Waals surface area contributed by atoms with E-state index in [4.69, 9.17) is 5.11 Å². The number of aromatic nitrogens is 2. The third-order valence-corrected chi connectivity index (χ3v) is 2.01. The van der Waals surface area contributed by atoms with Gasteiger partial charge in [0.05, 0.1) is 17.3 Å². The molecule has 78 valence electrons. The first kappa shape index (κ1) is 11.2. The van der Waals surface area contributed by atoms with Gasteiger partial charge in [-0.25, -0.2) is 0 Å². The summed E-state index contributed by atoms with van der Waals surface area (Å²) in [5.74, 6) is -0.0781. The van der Waals surface area contributed by atoms with Crippen molar-refractivity contribution in [3.8, 4) is 0 Å². The van der Waals surface area contributed by atoms with E-state index in [-0.39, 0.29) is 12.5 Å². The van der Waals surface area contributed by atoms with Crippen LogP contribution in [0.1, 0.15) is 6.42 Å². The first-order valence-electron chi connectivity index (χ1n) is 4.28.